The lowest BCUT2D eigenvalue weighted by atomic mass is 9.84. The van der Waals surface area contributed by atoms with Gasteiger partial charge in [-0.1, -0.05) is 63.5 Å². The van der Waals surface area contributed by atoms with Crippen LogP contribution in [0.1, 0.15) is 66.3 Å². The second-order valence-corrected chi connectivity index (χ2v) is 8.36. The highest BCUT2D eigenvalue weighted by atomic mass is 79.9. The lowest BCUT2D eigenvalue weighted by Gasteiger charge is -2.20. The van der Waals surface area contributed by atoms with Crippen molar-refractivity contribution < 1.29 is 13.2 Å². The van der Waals surface area contributed by atoms with Crippen molar-refractivity contribution >= 4 is 28.1 Å². The van der Waals surface area contributed by atoms with Gasteiger partial charge in [-0.2, -0.15) is 13.2 Å². The van der Waals surface area contributed by atoms with Crippen LogP contribution in [-0.2, 0) is 6.18 Å². The molecule has 4 rings (SSSR count). The van der Waals surface area contributed by atoms with Gasteiger partial charge in [0, 0.05) is 16.3 Å². The van der Waals surface area contributed by atoms with Crippen LogP contribution < -0.4 is 0 Å². The van der Waals surface area contributed by atoms with E-state index in [0.717, 1.165) is 28.5 Å². The number of benzene rings is 2. The molecule has 0 bridgehead atoms. The Morgan fingerprint density at radius 3 is 1.93 bits per heavy atom. The van der Waals surface area contributed by atoms with E-state index < -0.39 is 11.7 Å². The van der Waals surface area contributed by atoms with Crippen molar-refractivity contribution in [3.63, 3.8) is 0 Å². The number of halogens is 4. The number of allylic oxidation sites excluding steroid dienone is 2. The van der Waals surface area contributed by atoms with Crippen LogP contribution in [0, 0.1) is 0 Å². The summed E-state index contributed by atoms with van der Waals surface area (Å²) >= 11 is 3.62. The normalized spacial score (nSPS) is 21.0. The van der Waals surface area contributed by atoms with Crippen LogP contribution in [0.15, 0.2) is 52.0 Å². The predicted molar refractivity (Wildman–Crippen MR) is 108 cm³/mol. The topological polar surface area (TPSA) is 0 Å². The first kappa shape index (κ1) is 18.5. The molecule has 2 aromatic rings. The van der Waals surface area contributed by atoms with E-state index in [1.54, 1.807) is 6.08 Å². The van der Waals surface area contributed by atoms with E-state index in [4.69, 9.17) is 0 Å². The number of hydrogen-bond acceptors (Lipinski definition) is 0. The monoisotopic (exact) mass is 432 g/mol. The van der Waals surface area contributed by atoms with E-state index in [-0.39, 0.29) is 5.92 Å². The Balaban J connectivity index is 1.60. The highest BCUT2D eigenvalue weighted by Gasteiger charge is 2.37. The van der Waals surface area contributed by atoms with Crippen LogP contribution >= 0.6 is 15.9 Å². The molecular formula is C23H20BrF3. The van der Waals surface area contributed by atoms with Crippen LogP contribution in [0.25, 0.3) is 12.2 Å². The van der Waals surface area contributed by atoms with E-state index in [2.05, 4.69) is 35.0 Å². The first-order chi connectivity index (χ1) is 12.8. The number of hydrogen-bond donors (Lipinski definition) is 0. The maximum atomic E-state index is 13.3. The zero-order valence-corrected chi connectivity index (χ0v) is 16.8. The molecule has 2 aliphatic rings. The fourth-order valence-electron chi connectivity index (χ4n) is 4.55. The molecule has 4 heteroatoms. The summed E-state index contributed by atoms with van der Waals surface area (Å²) in [7, 11) is 0. The van der Waals surface area contributed by atoms with Gasteiger partial charge in [0.1, 0.15) is 0 Å². The maximum Gasteiger partial charge on any atom is 0.416 e. The van der Waals surface area contributed by atoms with Gasteiger partial charge in [-0.3, -0.25) is 0 Å². The first-order valence-electron chi connectivity index (χ1n) is 9.12. The Hall–Kier alpha value is -1.81. The molecule has 140 valence electrons. The Labute approximate surface area is 165 Å². The molecule has 0 spiro atoms. The fourth-order valence-corrected chi connectivity index (χ4v) is 5.05. The lowest BCUT2D eigenvalue weighted by Crippen LogP contribution is -2.09. The smallest absolute Gasteiger partial charge is 0.166 e. The van der Waals surface area contributed by atoms with Crippen LogP contribution in [0.3, 0.4) is 0 Å². The summed E-state index contributed by atoms with van der Waals surface area (Å²) in [5.74, 6) is 0.395. The zero-order chi connectivity index (χ0) is 19.3. The van der Waals surface area contributed by atoms with Gasteiger partial charge in [-0.05, 0) is 61.1 Å². The summed E-state index contributed by atoms with van der Waals surface area (Å²) < 4.78 is 41.1. The minimum absolute atomic E-state index is 0.0614. The van der Waals surface area contributed by atoms with Crippen LogP contribution in [-0.4, -0.2) is 0 Å². The van der Waals surface area contributed by atoms with Gasteiger partial charge in [0.15, 0.2) is 0 Å². The van der Waals surface area contributed by atoms with Gasteiger partial charge in [0.25, 0.3) is 0 Å². The minimum Gasteiger partial charge on any atom is -0.166 e. The van der Waals surface area contributed by atoms with E-state index in [0.29, 0.717) is 11.5 Å². The second kappa shape index (κ2) is 6.66. The molecule has 0 heterocycles. The molecule has 2 aromatic carbocycles. The van der Waals surface area contributed by atoms with E-state index in [1.165, 1.54) is 28.8 Å². The SMILES string of the molecule is CC1=Cc2c(Br)cccc2C1CCC1C(C)=Cc2c1cccc2C(F)(F)F. The Morgan fingerprint density at radius 2 is 1.33 bits per heavy atom. The van der Waals surface area contributed by atoms with Crippen LogP contribution in [0.5, 0.6) is 0 Å². The van der Waals surface area contributed by atoms with Crippen molar-refractivity contribution in [3.8, 4) is 0 Å². The maximum absolute atomic E-state index is 13.3. The van der Waals surface area contributed by atoms with E-state index in [1.807, 2.05) is 25.1 Å². The van der Waals surface area contributed by atoms with Crippen molar-refractivity contribution in [2.45, 2.75) is 44.7 Å². The minimum atomic E-state index is -4.31. The molecule has 0 nitrogen and oxygen atoms in total. The molecule has 0 fully saturated rings. The third kappa shape index (κ3) is 3.18. The quantitative estimate of drug-likeness (QED) is 0.461. The first-order valence-corrected chi connectivity index (χ1v) is 9.91. The van der Waals surface area contributed by atoms with Gasteiger partial charge in [0.2, 0.25) is 0 Å². The van der Waals surface area contributed by atoms with E-state index >= 15 is 0 Å². The summed E-state index contributed by atoms with van der Waals surface area (Å²) in [6.45, 7) is 4.09. The van der Waals surface area contributed by atoms with Gasteiger partial charge in [-0.25, -0.2) is 0 Å². The number of alkyl halides is 3. The fraction of sp³-hybridized carbons (Fsp3) is 0.304. The van der Waals surface area contributed by atoms with Gasteiger partial charge >= 0.3 is 6.18 Å². The zero-order valence-electron chi connectivity index (χ0n) is 15.2. The van der Waals surface area contributed by atoms with Gasteiger partial charge < -0.3 is 0 Å². The summed E-state index contributed by atoms with van der Waals surface area (Å²) in [5, 5.41) is 0. The van der Waals surface area contributed by atoms with Crippen LogP contribution in [0.4, 0.5) is 13.2 Å². The largest absolute Gasteiger partial charge is 0.416 e. The van der Waals surface area contributed by atoms with Gasteiger partial charge in [0.05, 0.1) is 5.56 Å². The predicted octanol–water partition coefficient (Wildman–Crippen LogP) is 7.95. The molecule has 0 saturated heterocycles. The Kier molecular flexibility index (Phi) is 4.58. The molecule has 0 amide bonds. The molecular weight excluding hydrogens is 413 g/mol. The Bertz CT molecular complexity index is 966. The average Bonchev–Trinajstić information content (AvgIpc) is 3.09. The molecule has 2 aliphatic carbocycles. The number of rotatable bonds is 3. The molecule has 0 saturated carbocycles. The molecule has 2 atom stereocenters. The summed E-state index contributed by atoms with van der Waals surface area (Å²) in [5.41, 5.74) is 5.54. The second-order valence-electron chi connectivity index (χ2n) is 7.51. The van der Waals surface area contributed by atoms with Crippen molar-refractivity contribution in [1.29, 1.82) is 0 Å². The number of fused-ring (bicyclic) bond motifs is 2. The molecule has 0 aromatic heterocycles. The van der Waals surface area contributed by atoms with Crippen molar-refractivity contribution in [2.24, 2.45) is 0 Å². The standard InChI is InChI=1S/C23H20BrF3/c1-13-11-19-17(5-3-7-21(19)23(25,26)27)15(13)9-10-16-14(2)12-20-18(16)6-4-8-22(20)24/h3-8,11-12,15-16H,9-10H2,1-2H3. The van der Waals surface area contributed by atoms with Crippen molar-refractivity contribution in [3.05, 3.63) is 79.8 Å². The third-order valence-corrected chi connectivity index (χ3v) is 6.56. The van der Waals surface area contributed by atoms with E-state index in [9.17, 15) is 13.2 Å². The summed E-state index contributed by atoms with van der Waals surface area (Å²) in [6.07, 6.45) is 1.41. The molecule has 0 aliphatic heterocycles. The summed E-state index contributed by atoms with van der Waals surface area (Å²) in [6, 6.07) is 10.8. The third-order valence-electron chi connectivity index (χ3n) is 5.87. The Morgan fingerprint density at radius 1 is 0.815 bits per heavy atom. The van der Waals surface area contributed by atoms with Gasteiger partial charge in [-0.15, -0.1) is 0 Å². The lowest BCUT2D eigenvalue weighted by molar-refractivity contribution is -0.137. The average molecular weight is 433 g/mol. The van der Waals surface area contributed by atoms with Crippen molar-refractivity contribution in [2.75, 3.05) is 0 Å². The van der Waals surface area contributed by atoms with Crippen molar-refractivity contribution in [1.82, 2.24) is 0 Å². The molecule has 0 radical (unpaired) electrons. The highest BCUT2D eigenvalue weighted by molar-refractivity contribution is 9.10. The summed E-state index contributed by atoms with van der Waals surface area (Å²) in [4.78, 5) is 0. The molecule has 2 unspecified atom stereocenters. The molecule has 0 N–H and O–H groups in total. The van der Waals surface area contributed by atoms with Crippen LogP contribution in [0.2, 0.25) is 0 Å². The molecule has 27 heavy (non-hydrogen) atoms. The highest BCUT2D eigenvalue weighted by Crippen LogP contribution is 2.48.